The lowest BCUT2D eigenvalue weighted by atomic mass is 10.0. The van der Waals surface area contributed by atoms with E-state index in [1.54, 1.807) is 12.1 Å². The Morgan fingerprint density at radius 2 is 2.00 bits per heavy atom. The molecule has 1 aliphatic rings. The lowest BCUT2D eigenvalue weighted by Crippen LogP contribution is -2.43. The maximum absolute atomic E-state index is 13.8. The third-order valence-corrected chi connectivity index (χ3v) is 5.51. The van der Waals surface area contributed by atoms with Crippen molar-refractivity contribution in [2.45, 2.75) is 19.9 Å². The number of carbonyl (C=O) groups excluding carboxylic acids is 1. The molecule has 1 aromatic heterocycles. The fourth-order valence-corrected chi connectivity index (χ4v) is 4.07. The maximum Gasteiger partial charge on any atom is 0.267 e. The lowest BCUT2D eigenvalue weighted by Gasteiger charge is -2.34. The molecule has 152 valence electrons. The normalized spacial score (nSPS) is 16.1. The van der Waals surface area contributed by atoms with Crippen LogP contribution in [0.5, 0.6) is 0 Å². The van der Waals surface area contributed by atoms with Crippen LogP contribution in [0.1, 0.15) is 33.2 Å². The molecule has 6 heteroatoms. The third kappa shape index (κ3) is 4.33. The van der Waals surface area contributed by atoms with Gasteiger partial charge in [-0.05, 0) is 54.8 Å². The van der Waals surface area contributed by atoms with E-state index in [1.807, 2.05) is 32.0 Å². The van der Waals surface area contributed by atoms with Gasteiger partial charge in [-0.1, -0.05) is 18.2 Å². The second-order valence-electron chi connectivity index (χ2n) is 7.66. The summed E-state index contributed by atoms with van der Waals surface area (Å²) in [6.45, 7) is 7.27. The van der Waals surface area contributed by atoms with Crippen molar-refractivity contribution in [1.82, 2.24) is 15.2 Å². The fourth-order valence-electron chi connectivity index (χ4n) is 4.07. The molecule has 4 rings (SSSR count). The fraction of sp³-hybridized carbons (Fsp3) is 0.348. The Morgan fingerprint density at radius 1 is 1.21 bits per heavy atom. The molecule has 29 heavy (non-hydrogen) atoms. The van der Waals surface area contributed by atoms with Crippen LogP contribution in [0.2, 0.25) is 0 Å². The molecule has 1 aliphatic heterocycles. The van der Waals surface area contributed by atoms with Gasteiger partial charge in [0, 0.05) is 30.5 Å². The summed E-state index contributed by atoms with van der Waals surface area (Å²) in [5.41, 5.74) is 4.65. The first-order chi connectivity index (χ1) is 14.0. The number of H-pyrrole nitrogens is 1. The van der Waals surface area contributed by atoms with Crippen LogP contribution in [0.4, 0.5) is 4.39 Å². The highest BCUT2D eigenvalue weighted by molar-refractivity contribution is 5.99. The number of fused-ring (bicyclic) bond motifs is 1. The number of rotatable bonds is 5. The Hall–Kier alpha value is -2.70. The SMILES string of the molecule is Cc1cc(C)c2cc(C(=O)NCC(c3cccc(F)c3)N3CCOCC3)[nH]c2c1. The average Bonchev–Trinajstić information content (AvgIpc) is 3.13. The number of halogens is 1. The molecule has 2 aromatic carbocycles. The molecule has 0 saturated carbocycles. The van der Waals surface area contributed by atoms with E-state index in [0.29, 0.717) is 25.5 Å². The highest BCUT2D eigenvalue weighted by Crippen LogP contribution is 2.24. The molecule has 1 unspecified atom stereocenters. The van der Waals surface area contributed by atoms with Gasteiger partial charge < -0.3 is 15.0 Å². The monoisotopic (exact) mass is 395 g/mol. The highest BCUT2D eigenvalue weighted by atomic mass is 19.1. The summed E-state index contributed by atoms with van der Waals surface area (Å²) >= 11 is 0. The molecule has 5 nitrogen and oxygen atoms in total. The molecular formula is C23H26FN3O2. The van der Waals surface area contributed by atoms with Crippen LogP contribution in [0.3, 0.4) is 0 Å². The number of aromatic amines is 1. The van der Waals surface area contributed by atoms with E-state index in [0.717, 1.165) is 40.7 Å². The number of aryl methyl sites for hydroxylation is 2. The van der Waals surface area contributed by atoms with E-state index in [1.165, 1.54) is 6.07 Å². The summed E-state index contributed by atoms with van der Waals surface area (Å²) in [5.74, 6) is -0.429. The van der Waals surface area contributed by atoms with E-state index >= 15 is 0 Å². The number of ether oxygens (including phenoxy) is 1. The van der Waals surface area contributed by atoms with E-state index in [-0.39, 0.29) is 17.8 Å². The van der Waals surface area contributed by atoms with E-state index in [2.05, 4.69) is 21.3 Å². The number of morpholine rings is 1. The van der Waals surface area contributed by atoms with Crippen LogP contribution in [-0.4, -0.2) is 48.6 Å². The van der Waals surface area contributed by atoms with Crippen molar-refractivity contribution >= 4 is 16.8 Å². The number of nitrogens with one attached hydrogen (secondary N) is 2. The second-order valence-corrected chi connectivity index (χ2v) is 7.66. The Morgan fingerprint density at radius 3 is 2.76 bits per heavy atom. The highest BCUT2D eigenvalue weighted by Gasteiger charge is 2.24. The molecular weight excluding hydrogens is 369 g/mol. The smallest absolute Gasteiger partial charge is 0.267 e. The van der Waals surface area contributed by atoms with Gasteiger partial charge in [0.1, 0.15) is 11.5 Å². The Kier molecular flexibility index (Phi) is 5.65. The summed E-state index contributed by atoms with van der Waals surface area (Å²) in [5, 5.41) is 4.09. The minimum atomic E-state index is -0.270. The van der Waals surface area contributed by atoms with E-state index in [9.17, 15) is 9.18 Å². The zero-order valence-electron chi connectivity index (χ0n) is 16.8. The molecule has 1 fully saturated rings. The van der Waals surface area contributed by atoms with Gasteiger partial charge in [-0.15, -0.1) is 0 Å². The molecule has 2 N–H and O–H groups in total. The number of hydrogen-bond acceptors (Lipinski definition) is 3. The molecule has 3 aromatic rings. The number of benzene rings is 2. The predicted molar refractivity (Wildman–Crippen MR) is 112 cm³/mol. The zero-order valence-corrected chi connectivity index (χ0v) is 16.8. The van der Waals surface area contributed by atoms with Gasteiger partial charge in [-0.25, -0.2) is 4.39 Å². The van der Waals surface area contributed by atoms with Gasteiger partial charge in [0.25, 0.3) is 5.91 Å². The van der Waals surface area contributed by atoms with Crippen LogP contribution in [0, 0.1) is 19.7 Å². The number of amides is 1. The Labute approximate surface area is 169 Å². The van der Waals surface area contributed by atoms with Gasteiger partial charge in [0.2, 0.25) is 0 Å². The van der Waals surface area contributed by atoms with E-state index < -0.39 is 0 Å². The van der Waals surface area contributed by atoms with Gasteiger partial charge in [-0.3, -0.25) is 9.69 Å². The molecule has 2 heterocycles. The number of hydrogen-bond donors (Lipinski definition) is 2. The number of aromatic nitrogens is 1. The standard InChI is InChI=1S/C23H26FN3O2/c1-15-10-16(2)19-13-21(26-20(19)11-15)23(28)25-14-22(27-6-8-29-9-7-27)17-4-3-5-18(24)12-17/h3-5,10-13,22,26H,6-9,14H2,1-2H3,(H,25,28). The van der Waals surface area contributed by atoms with Crippen molar-refractivity contribution in [2.24, 2.45) is 0 Å². The summed E-state index contributed by atoms with van der Waals surface area (Å²) in [7, 11) is 0. The first-order valence-electron chi connectivity index (χ1n) is 9.97. The molecule has 0 bridgehead atoms. The van der Waals surface area contributed by atoms with Crippen LogP contribution in [0.15, 0.2) is 42.5 Å². The molecule has 0 spiro atoms. The summed E-state index contributed by atoms with van der Waals surface area (Å²) in [4.78, 5) is 18.3. The van der Waals surface area contributed by atoms with Crippen molar-refractivity contribution < 1.29 is 13.9 Å². The summed E-state index contributed by atoms with van der Waals surface area (Å²) < 4.78 is 19.3. The quantitative estimate of drug-likeness (QED) is 0.692. The molecule has 0 radical (unpaired) electrons. The Balaban J connectivity index is 1.53. The first kappa shape index (κ1) is 19.6. The largest absolute Gasteiger partial charge is 0.379 e. The maximum atomic E-state index is 13.8. The van der Waals surface area contributed by atoms with Crippen molar-refractivity contribution in [1.29, 1.82) is 0 Å². The van der Waals surface area contributed by atoms with Gasteiger partial charge in [-0.2, -0.15) is 0 Å². The topological polar surface area (TPSA) is 57.4 Å². The van der Waals surface area contributed by atoms with E-state index in [4.69, 9.17) is 4.74 Å². The molecule has 1 atom stereocenters. The number of nitrogens with zero attached hydrogens (tertiary/aromatic N) is 1. The molecule has 0 aliphatic carbocycles. The zero-order chi connectivity index (χ0) is 20.4. The third-order valence-electron chi connectivity index (χ3n) is 5.51. The van der Waals surface area contributed by atoms with Gasteiger partial charge >= 0.3 is 0 Å². The second kappa shape index (κ2) is 8.35. The van der Waals surface area contributed by atoms with Crippen molar-refractivity contribution in [3.8, 4) is 0 Å². The van der Waals surface area contributed by atoms with Crippen LogP contribution in [-0.2, 0) is 4.74 Å². The van der Waals surface area contributed by atoms with Crippen LogP contribution >= 0.6 is 0 Å². The van der Waals surface area contributed by atoms with Gasteiger partial charge in [0.05, 0.1) is 19.3 Å². The van der Waals surface area contributed by atoms with Crippen molar-refractivity contribution in [3.63, 3.8) is 0 Å². The van der Waals surface area contributed by atoms with Crippen LogP contribution in [0.25, 0.3) is 10.9 Å². The average molecular weight is 395 g/mol. The summed E-state index contributed by atoms with van der Waals surface area (Å²) in [6.07, 6.45) is 0. The Bertz CT molecular complexity index is 1020. The lowest BCUT2D eigenvalue weighted by molar-refractivity contribution is 0.0161. The number of carbonyl (C=O) groups is 1. The predicted octanol–water partition coefficient (Wildman–Crippen LogP) is 3.73. The summed E-state index contributed by atoms with van der Waals surface area (Å²) in [6, 6.07) is 12.5. The van der Waals surface area contributed by atoms with Gasteiger partial charge in [0.15, 0.2) is 0 Å². The first-order valence-corrected chi connectivity index (χ1v) is 9.97. The van der Waals surface area contributed by atoms with Crippen molar-refractivity contribution in [3.05, 3.63) is 70.7 Å². The van der Waals surface area contributed by atoms with Crippen molar-refractivity contribution in [2.75, 3.05) is 32.8 Å². The minimum absolute atomic E-state index is 0.105. The molecule has 1 saturated heterocycles. The minimum Gasteiger partial charge on any atom is -0.379 e. The van der Waals surface area contributed by atoms with Crippen LogP contribution < -0.4 is 5.32 Å². The molecule has 1 amide bonds.